The number of rotatable bonds is 6. The van der Waals surface area contributed by atoms with Crippen molar-refractivity contribution >= 4 is 11.9 Å². The second-order valence-electron chi connectivity index (χ2n) is 7.15. The van der Waals surface area contributed by atoms with Gasteiger partial charge in [-0.1, -0.05) is 53.6 Å². The normalized spacial score (nSPS) is 15.1. The largest absolute Gasteiger partial charge is 0.405 e. The quantitative estimate of drug-likeness (QED) is 0.691. The summed E-state index contributed by atoms with van der Waals surface area (Å²) in [6.07, 6.45) is 3.33. The minimum Gasteiger partial charge on any atom is -0.405 e. The summed E-state index contributed by atoms with van der Waals surface area (Å²) in [5, 5.41) is 11.3. The zero-order valence-electron chi connectivity index (χ0n) is 16.1. The predicted octanol–water partition coefficient (Wildman–Crippen LogP) is 3.65. The maximum Gasteiger partial charge on any atom is 0.318 e. The molecule has 7 heteroatoms. The summed E-state index contributed by atoms with van der Waals surface area (Å²) < 4.78 is 19.8. The molecule has 6 nitrogen and oxygen atoms in total. The maximum absolute atomic E-state index is 13.9. The molecule has 1 N–H and O–H groups in total. The van der Waals surface area contributed by atoms with Crippen molar-refractivity contribution in [2.75, 3.05) is 18.0 Å². The first-order valence-electron chi connectivity index (χ1n) is 9.87. The van der Waals surface area contributed by atoms with Crippen molar-refractivity contribution in [1.29, 1.82) is 0 Å². The van der Waals surface area contributed by atoms with E-state index in [1.807, 2.05) is 30.3 Å². The summed E-state index contributed by atoms with van der Waals surface area (Å²) >= 11 is 0. The van der Waals surface area contributed by atoms with E-state index in [1.165, 1.54) is 12.5 Å². The lowest BCUT2D eigenvalue weighted by Gasteiger charge is -2.24. The van der Waals surface area contributed by atoms with Crippen LogP contribution in [0.5, 0.6) is 0 Å². The highest BCUT2D eigenvalue weighted by Gasteiger charge is 2.25. The number of nitrogens with zero attached hydrogens (tertiary/aromatic N) is 3. The molecule has 0 spiro atoms. The van der Waals surface area contributed by atoms with Gasteiger partial charge in [0.15, 0.2) is 0 Å². The average Bonchev–Trinajstić information content (AvgIpc) is 3.25. The van der Waals surface area contributed by atoms with Gasteiger partial charge in [0.25, 0.3) is 0 Å². The molecule has 1 fully saturated rings. The molecule has 29 heavy (non-hydrogen) atoms. The van der Waals surface area contributed by atoms with E-state index in [0.29, 0.717) is 17.5 Å². The Bertz CT molecular complexity index is 954. The van der Waals surface area contributed by atoms with Crippen LogP contribution in [0.3, 0.4) is 0 Å². The summed E-state index contributed by atoms with van der Waals surface area (Å²) in [6, 6.07) is 15.6. The fourth-order valence-electron chi connectivity index (χ4n) is 3.52. The van der Waals surface area contributed by atoms with Crippen molar-refractivity contribution in [3.63, 3.8) is 0 Å². The number of benzene rings is 2. The molecule has 2 heterocycles. The Balaban J connectivity index is 1.55. The first-order chi connectivity index (χ1) is 14.2. The number of nitrogens with one attached hydrogen (secondary N) is 1. The van der Waals surface area contributed by atoms with Crippen LogP contribution < -0.4 is 10.2 Å². The van der Waals surface area contributed by atoms with Gasteiger partial charge >= 0.3 is 6.01 Å². The number of hydrogen-bond acceptors (Lipinski definition) is 5. The molecule has 0 radical (unpaired) electrons. The van der Waals surface area contributed by atoms with Gasteiger partial charge in [-0.15, -0.1) is 5.10 Å². The number of anilines is 1. The highest BCUT2D eigenvalue weighted by molar-refractivity contribution is 5.79. The van der Waals surface area contributed by atoms with Crippen LogP contribution in [-0.4, -0.2) is 29.2 Å². The second kappa shape index (κ2) is 8.86. The highest BCUT2D eigenvalue weighted by Crippen LogP contribution is 2.25. The molecule has 1 saturated heterocycles. The van der Waals surface area contributed by atoms with Gasteiger partial charge in [0.1, 0.15) is 11.9 Å². The third kappa shape index (κ3) is 4.62. The standard InChI is InChI=1S/C22H23FN4O2/c23-18-12-6-5-11-17(18)15-19(28)24-20(16-9-3-1-4-10-16)21-25-26-22(29-21)27-13-7-2-8-14-27/h1,3-6,9-12,20H,2,7-8,13-15H2,(H,24,28)/t20-/m1/s1. The summed E-state index contributed by atoms with van der Waals surface area (Å²) in [6.45, 7) is 1.77. The summed E-state index contributed by atoms with van der Waals surface area (Å²) in [5.74, 6) is -0.399. The minimum atomic E-state index is -0.596. The molecular weight excluding hydrogens is 371 g/mol. The van der Waals surface area contributed by atoms with Gasteiger partial charge in [0, 0.05) is 13.1 Å². The number of amides is 1. The van der Waals surface area contributed by atoms with Crippen LogP contribution in [0.4, 0.5) is 10.4 Å². The molecule has 1 aromatic heterocycles. The third-order valence-electron chi connectivity index (χ3n) is 5.05. The van der Waals surface area contributed by atoms with E-state index in [-0.39, 0.29) is 12.3 Å². The Kier molecular flexibility index (Phi) is 5.84. The van der Waals surface area contributed by atoms with Gasteiger partial charge < -0.3 is 14.6 Å². The van der Waals surface area contributed by atoms with Crippen molar-refractivity contribution in [3.8, 4) is 0 Å². The van der Waals surface area contributed by atoms with E-state index in [9.17, 15) is 9.18 Å². The SMILES string of the molecule is O=C(Cc1ccccc1F)N[C@H](c1ccccc1)c1nnc(N2CCCCC2)o1. The summed E-state index contributed by atoms with van der Waals surface area (Å²) in [5.41, 5.74) is 1.17. The number of hydrogen-bond donors (Lipinski definition) is 1. The van der Waals surface area contributed by atoms with Crippen molar-refractivity contribution < 1.29 is 13.6 Å². The molecule has 0 unspecified atom stereocenters. The molecule has 0 bridgehead atoms. The Hall–Kier alpha value is -3.22. The van der Waals surface area contributed by atoms with Crippen LogP contribution in [0.25, 0.3) is 0 Å². The molecule has 150 valence electrons. The van der Waals surface area contributed by atoms with Crippen LogP contribution in [0.1, 0.15) is 42.3 Å². The van der Waals surface area contributed by atoms with Crippen molar-refractivity contribution in [1.82, 2.24) is 15.5 Å². The second-order valence-corrected chi connectivity index (χ2v) is 7.15. The first kappa shape index (κ1) is 19.1. The molecule has 0 aliphatic carbocycles. The fourth-order valence-corrected chi connectivity index (χ4v) is 3.52. The van der Waals surface area contributed by atoms with Crippen molar-refractivity contribution in [3.05, 3.63) is 77.4 Å². The van der Waals surface area contributed by atoms with E-state index >= 15 is 0 Å². The fraction of sp³-hybridized carbons (Fsp3) is 0.318. The van der Waals surface area contributed by atoms with E-state index in [2.05, 4.69) is 20.4 Å². The van der Waals surface area contributed by atoms with E-state index in [0.717, 1.165) is 31.5 Å². The molecule has 3 aromatic rings. The van der Waals surface area contributed by atoms with Crippen LogP contribution in [0.2, 0.25) is 0 Å². The van der Waals surface area contributed by atoms with Gasteiger partial charge in [-0.25, -0.2) is 4.39 Å². The lowest BCUT2D eigenvalue weighted by Crippen LogP contribution is -2.31. The van der Waals surface area contributed by atoms with Gasteiger partial charge in [-0.2, -0.15) is 0 Å². The van der Waals surface area contributed by atoms with Crippen LogP contribution in [-0.2, 0) is 11.2 Å². The van der Waals surface area contributed by atoms with Crippen molar-refractivity contribution in [2.45, 2.75) is 31.7 Å². The number of piperidine rings is 1. The van der Waals surface area contributed by atoms with Crippen LogP contribution in [0.15, 0.2) is 59.0 Å². The summed E-state index contributed by atoms with van der Waals surface area (Å²) in [7, 11) is 0. The number of halogens is 1. The lowest BCUT2D eigenvalue weighted by molar-refractivity contribution is -0.121. The molecule has 1 atom stereocenters. The molecule has 2 aromatic carbocycles. The zero-order chi connectivity index (χ0) is 20.1. The maximum atomic E-state index is 13.9. The van der Waals surface area contributed by atoms with Gasteiger partial charge in [0.05, 0.1) is 6.42 Å². The van der Waals surface area contributed by atoms with Crippen LogP contribution in [0, 0.1) is 5.82 Å². The monoisotopic (exact) mass is 394 g/mol. The van der Waals surface area contributed by atoms with E-state index in [1.54, 1.807) is 18.2 Å². The molecule has 4 rings (SSSR count). The molecule has 1 amide bonds. The topological polar surface area (TPSA) is 71.3 Å². The van der Waals surface area contributed by atoms with Gasteiger partial charge in [0.2, 0.25) is 11.8 Å². The van der Waals surface area contributed by atoms with Gasteiger partial charge in [-0.3, -0.25) is 4.79 Å². The Labute approximate surface area is 168 Å². The Morgan fingerprint density at radius 1 is 1.03 bits per heavy atom. The molecular formula is C22H23FN4O2. The highest BCUT2D eigenvalue weighted by atomic mass is 19.1. The smallest absolute Gasteiger partial charge is 0.318 e. The zero-order valence-corrected chi connectivity index (χ0v) is 16.1. The lowest BCUT2D eigenvalue weighted by atomic mass is 10.1. The van der Waals surface area contributed by atoms with Crippen molar-refractivity contribution in [2.24, 2.45) is 0 Å². The predicted molar refractivity (Wildman–Crippen MR) is 107 cm³/mol. The number of carbonyl (C=O) groups is 1. The Morgan fingerprint density at radius 2 is 1.76 bits per heavy atom. The first-order valence-corrected chi connectivity index (χ1v) is 9.87. The molecule has 0 saturated carbocycles. The number of carbonyl (C=O) groups excluding carboxylic acids is 1. The Morgan fingerprint density at radius 3 is 2.52 bits per heavy atom. The van der Waals surface area contributed by atoms with E-state index in [4.69, 9.17) is 4.42 Å². The van der Waals surface area contributed by atoms with Gasteiger partial charge in [-0.05, 0) is 36.5 Å². The average molecular weight is 394 g/mol. The molecule has 1 aliphatic heterocycles. The van der Waals surface area contributed by atoms with E-state index < -0.39 is 11.9 Å². The molecule has 1 aliphatic rings. The summed E-state index contributed by atoms with van der Waals surface area (Å²) in [4.78, 5) is 14.7. The minimum absolute atomic E-state index is 0.0663. The van der Waals surface area contributed by atoms with Crippen LogP contribution >= 0.6 is 0 Å². The third-order valence-corrected chi connectivity index (χ3v) is 5.05. The number of aromatic nitrogens is 2.